The van der Waals surface area contributed by atoms with E-state index in [-0.39, 0.29) is 12.5 Å². The number of nitrogens with zero attached hydrogens (tertiary/aromatic N) is 1. The number of carbonyl (C=O) groups excluding carboxylic acids is 1. The van der Waals surface area contributed by atoms with Gasteiger partial charge >= 0.3 is 0 Å². The second kappa shape index (κ2) is 9.60. The van der Waals surface area contributed by atoms with Gasteiger partial charge in [0.1, 0.15) is 5.75 Å². The van der Waals surface area contributed by atoms with Crippen LogP contribution in [0.15, 0.2) is 54.6 Å². The molecule has 2 aromatic rings. The number of ether oxygens (including phenoxy) is 1. The first-order chi connectivity index (χ1) is 11.7. The zero-order chi connectivity index (χ0) is 17.2. The highest BCUT2D eigenvalue weighted by Crippen LogP contribution is 2.17. The van der Waals surface area contributed by atoms with E-state index in [0.717, 1.165) is 36.6 Å². The van der Waals surface area contributed by atoms with Gasteiger partial charge in [0.15, 0.2) is 0 Å². The van der Waals surface area contributed by atoms with Crippen molar-refractivity contribution in [3.63, 3.8) is 0 Å². The quantitative estimate of drug-likeness (QED) is 0.697. The molecule has 0 aliphatic rings. The van der Waals surface area contributed by atoms with Crippen molar-refractivity contribution in [2.75, 3.05) is 29.9 Å². The maximum atomic E-state index is 12.4. The molecule has 0 saturated carbocycles. The van der Waals surface area contributed by atoms with Crippen LogP contribution in [0.2, 0.25) is 0 Å². The second-order valence-electron chi connectivity index (χ2n) is 5.55. The summed E-state index contributed by atoms with van der Waals surface area (Å²) in [6.45, 7) is 5.77. The molecule has 0 aliphatic heterocycles. The highest BCUT2D eigenvalue weighted by Gasteiger charge is 2.12. The highest BCUT2D eigenvalue weighted by atomic mass is 16.5. The van der Waals surface area contributed by atoms with Gasteiger partial charge < -0.3 is 15.0 Å². The molecule has 0 bridgehead atoms. The first kappa shape index (κ1) is 17.9. The minimum atomic E-state index is 0.0481. The first-order valence-electron chi connectivity index (χ1n) is 8.56. The van der Waals surface area contributed by atoms with Gasteiger partial charge in [0.2, 0.25) is 5.91 Å². The van der Waals surface area contributed by atoms with Gasteiger partial charge in [-0.3, -0.25) is 4.79 Å². The van der Waals surface area contributed by atoms with E-state index < -0.39 is 0 Å². The summed E-state index contributed by atoms with van der Waals surface area (Å²) in [5.74, 6) is 0.909. The Hall–Kier alpha value is -2.49. The molecule has 0 saturated heterocycles. The van der Waals surface area contributed by atoms with Crippen LogP contribution in [0, 0.1) is 0 Å². The molecule has 0 spiro atoms. The van der Waals surface area contributed by atoms with Gasteiger partial charge in [0.05, 0.1) is 13.2 Å². The summed E-state index contributed by atoms with van der Waals surface area (Å²) in [6, 6.07) is 17.5. The lowest BCUT2D eigenvalue weighted by Gasteiger charge is -2.21. The van der Waals surface area contributed by atoms with Crippen LogP contribution >= 0.6 is 0 Å². The topological polar surface area (TPSA) is 41.6 Å². The number of carbonyl (C=O) groups is 1. The molecule has 0 fully saturated rings. The van der Waals surface area contributed by atoms with Crippen molar-refractivity contribution in [1.29, 1.82) is 0 Å². The molecule has 4 nitrogen and oxygen atoms in total. The maximum absolute atomic E-state index is 12.4. The van der Waals surface area contributed by atoms with Crippen LogP contribution in [0.1, 0.15) is 26.7 Å². The SMILES string of the molecule is CCCCOc1ccc(NCC(=O)N(CC)c2ccccc2)cc1. The number of unbranched alkanes of at least 4 members (excludes halogenated alkanes) is 1. The number of rotatable bonds is 9. The lowest BCUT2D eigenvalue weighted by Crippen LogP contribution is -2.35. The Morgan fingerprint density at radius 3 is 2.38 bits per heavy atom. The van der Waals surface area contributed by atoms with E-state index in [9.17, 15) is 4.79 Å². The van der Waals surface area contributed by atoms with Gasteiger partial charge in [-0.2, -0.15) is 0 Å². The van der Waals surface area contributed by atoms with Crippen molar-refractivity contribution in [1.82, 2.24) is 0 Å². The van der Waals surface area contributed by atoms with Crippen LogP contribution in [0.25, 0.3) is 0 Å². The number of anilines is 2. The molecule has 24 heavy (non-hydrogen) atoms. The molecule has 1 N–H and O–H groups in total. The number of likely N-dealkylation sites (N-methyl/N-ethyl adjacent to an activating group) is 1. The number of hydrogen-bond acceptors (Lipinski definition) is 3. The third-order valence-corrected chi connectivity index (χ3v) is 3.75. The molecule has 4 heteroatoms. The number of amides is 1. The summed E-state index contributed by atoms with van der Waals surface area (Å²) in [5, 5.41) is 3.18. The van der Waals surface area contributed by atoms with Crippen LogP contribution in [-0.2, 0) is 4.79 Å². The Morgan fingerprint density at radius 2 is 1.75 bits per heavy atom. The molecule has 0 atom stereocenters. The van der Waals surface area contributed by atoms with Gasteiger partial charge in [-0.25, -0.2) is 0 Å². The average Bonchev–Trinajstić information content (AvgIpc) is 2.63. The minimum Gasteiger partial charge on any atom is -0.494 e. The zero-order valence-electron chi connectivity index (χ0n) is 14.5. The van der Waals surface area contributed by atoms with E-state index in [1.807, 2.05) is 61.5 Å². The highest BCUT2D eigenvalue weighted by molar-refractivity contribution is 5.96. The summed E-state index contributed by atoms with van der Waals surface area (Å²) in [5.41, 5.74) is 1.83. The number of nitrogens with one attached hydrogen (secondary N) is 1. The Labute approximate surface area is 144 Å². The normalized spacial score (nSPS) is 10.2. The molecule has 2 rings (SSSR count). The smallest absolute Gasteiger partial charge is 0.246 e. The Kier molecular flexibility index (Phi) is 7.15. The molecule has 0 aromatic heterocycles. The van der Waals surface area contributed by atoms with Crippen molar-refractivity contribution in [2.24, 2.45) is 0 Å². The summed E-state index contributed by atoms with van der Waals surface area (Å²) in [7, 11) is 0. The van der Waals surface area contributed by atoms with E-state index >= 15 is 0 Å². The van der Waals surface area contributed by atoms with Crippen molar-refractivity contribution < 1.29 is 9.53 Å². The Balaban J connectivity index is 1.86. The average molecular weight is 326 g/mol. The fourth-order valence-electron chi connectivity index (χ4n) is 2.39. The fraction of sp³-hybridized carbons (Fsp3) is 0.350. The van der Waals surface area contributed by atoms with Crippen LogP contribution < -0.4 is 15.0 Å². The lowest BCUT2D eigenvalue weighted by molar-refractivity contribution is -0.116. The van der Waals surface area contributed by atoms with Gasteiger partial charge in [-0.05, 0) is 49.7 Å². The standard InChI is InChI=1S/C20H26N2O2/c1-3-5-15-24-19-13-11-17(12-14-19)21-16-20(23)22(4-2)18-9-7-6-8-10-18/h6-14,21H,3-5,15-16H2,1-2H3. The summed E-state index contributed by atoms with van der Waals surface area (Å²) in [6.07, 6.45) is 2.18. The molecule has 0 aliphatic carbocycles. The molecule has 2 aromatic carbocycles. The van der Waals surface area contributed by atoms with Crippen molar-refractivity contribution >= 4 is 17.3 Å². The van der Waals surface area contributed by atoms with Crippen molar-refractivity contribution in [3.8, 4) is 5.75 Å². The third kappa shape index (κ3) is 5.30. The van der Waals surface area contributed by atoms with Gasteiger partial charge in [-0.15, -0.1) is 0 Å². The van der Waals surface area contributed by atoms with E-state index in [1.165, 1.54) is 0 Å². The van der Waals surface area contributed by atoms with Crippen LogP contribution in [0.5, 0.6) is 5.75 Å². The van der Waals surface area contributed by atoms with E-state index in [4.69, 9.17) is 4.74 Å². The molecule has 0 unspecified atom stereocenters. The van der Waals surface area contributed by atoms with Crippen LogP contribution in [-0.4, -0.2) is 25.6 Å². The van der Waals surface area contributed by atoms with Gasteiger partial charge in [0.25, 0.3) is 0 Å². The largest absolute Gasteiger partial charge is 0.494 e. The summed E-state index contributed by atoms with van der Waals surface area (Å²) in [4.78, 5) is 14.2. The molecular weight excluding hydrogens is 300 g/mol. The molecule has 1 amide bonds. The fourth-order valence-corrected chi connectivity index (χ4v) is 2.39. The van der Waals surface area contributed by atoms with E-state index in [1.54, 1.807) is 4.90 Å². The third-order valence-electron chi connectivity index (χ3n) is 3.75. The van der Waals surface area contributed by atoms with E-state index in [0.29, 0.717) is 6.54 Å². The lowest BCUT2D eigenvalue weighted by atomic mass is 10.2. The zero-order valence-corrected chi connectivity index (χ0v) is 14.5. The molecule has 0 heterocycles. The van der Waals surface area contributed by atoms with Crippen LogP contribution in [0.4, 0.5) is 11.4 Å². The van der Waals surface area contributed by atoms with Crippen LogP contribution in [0.3, 0.4) is 0 Å². The monoisotopic (exact) mass is 326 g/mol. The van der Waals surface area contributed by atoms with Gasteiger partial charge in [0, 0.05) is 17.9 Å². The predicted molar refractivity (Wildman–Crippen MR) is 99.8 cm³/mol. The number of benzene rings is 2. The maximum Gasteiger partial charge on any atom is 0.246 e. The Bertz CT molecular complexity index is 611. The number of para-hydroxylation sites is 1. The molecular formula is C20H26N2O2. The Morgan fingerprint density at radius 1 is 1.04 bits per heavy atom. The van der Waals surface area contributed by atoms with Crippen molar-refractivity contribution in [3.05, 3.63) is 54.6 Å². The molecule has 0 radical (unpaired) electrons. The predicted octanol–water partition coefficient (Wildman–Crippen LogP) is 4.33. The number of hydrogen-bond donors (Lipinski definition) is 1. The molecule has 128 valence electrons. The van der Waals surface area contributed by atoms with Crippen molar-refractivity contribution in [2.45, 2.75) is 26.7 Å². The van der Waals surface area contributed by atoms with Gasteiger partial charge in [-0.1, -0.05) is 31.5 Å². The first-order valence-corrected chi connectivity index (χ1v) is 8.56. The second-order valence-corrected chi connectivity index (χ2v) is 5.55. The van der Waals surface area contributed by atoms with E-state index in [2.05, 4.69) is 12.2 Å². The summed E-state index contributed by atoms with van der Waals surface area (Å²) < 4.78 is 5.64. The summed E-state index contributed by atoms with van der Waals surface area (Å²) >= 11 is 0. The minimum absolute atomic E-state index is 0.0481.